The number of Topliss-reactive ketones (excluding diaryl/α,β-unsaturated/α-hetero) is 1. The third kappa shape index (κ3) is 3.51. The van der Waals surface area contributed by atoms with E-state index in [4.69, 9.17) is 0 Å². The number of nitrogens with one attached hydrogen (secondary N) is 1. The predicted octanol–water partition coefficient (Wildman–Crippen LogP) is 3.71. The lowest BCUT2D eigenvalue weighted by atomic mass is 10.1. The molecule has 0 saturated carbocycles. The van der Waals surface area contributed by atoms with Gasteiger partial charge in [0.05, 0.1) is 15.2 Å². The summed E-state index contributed by atoms with van der Waals surface area (Å²) >= 11 is 1.62. The minimum absolute atomic E-state index is 0.0529. The lowest BCUT2D eigenvalue weighted by Crippen LogP contribution is -2.33. The summed E-state index contributed by atoms with van der Waals surface area (Å²) in [5.74, 6) is -1.03. The summed E-state index contributed by atoms with van der Waals surface area (Å²) < 4.78 is 1.13. The van der Waals surface area contributed by atoms with E-state index in [1.54, 1.807) is 23.5 Å². The number of para-hydroxylation sites is 1. The maximum Gasteiger partial charge on any atom is 0.292 e. The lowest BCUT2D eigenvalue weighted by molar-refractivity contribution is -0.117. The number of carbonyl (C=O) groups excluding carboxylic acids is 2. The van der Waals surface area contributed by atoms with Crippen molar-refractivity contribution in [2.75, 3.05) is 6.54 Å². The largest absolute Gasteiger partial charge is 0.348 e. The van der Waals surface area contributed by atoms with E-state index in [1.165, 1.54) is 0 Å². The van der Waals surface area contributed by atoms with Crippen LogP contribution in [-0.4, -0.2) is 23.2 Å². The molecule has 0 aliphatic carbocycles. The number of fused-ring (bicyclic) bond motifs is 1. The van der Waals surface area contributed by atoms with E-state index in [1.807, 2.05) is 50.2 Å². The van der Waals surface area contributed by atoms with Gasteiger partial charge in [0.15, 0.2) is 0 Å². The molecule has 0 aliphatic heterocycles. The Morgan fingerprint density at radius 2 is 1.83 bits per heavy atom. The standard InChI is InChI=1S/C19H18N2O2S/c1-12-7-9-14(10-8-12)17(22)18(23)20-11-13(2)19-21-15-5-3-4-6-16(15)24-19/h3-10,13H,11H2,1-2H3,(H,20,23). The van der Waals surface area contributed by atoms with Crippen molar-refractivity contribution >= 4 is 33.2 Å². The number of hydrogen-bond acceptors (Lipinski definition) is 4. The second-order valence-corrected chi connectivity index (χ2v) is 6.89. The maximum atomic E-state index is 12.1. The minimum Gasteiger partial charge on any atom is -0.348 e. The zero-order chi connectivity index (χ0) is 17.1. The van der Waals surface area contributed by atoms with Crippen LogP contribution in [0.5, 0.6) is 0 Å². The number of thiazole rings is 1. The fraction of sp³-hybridized carbons (Fsp3) is 0.211. The van der Waals surface area contributed by atoms with Crippen molar-refractivity contribution in [3.8, 4) is 0 Å². The first-order valence-electron chi connectivity index (χ1n) is 7.79. The molecule has 4 nitrogen and oxygen atoms in total. The van der Waals surface area contributed by atoms with Crippen LogP contribution in [0.1, 0.15) is 33.8 Å². The quantitative estimate of drug-likeness (QED) is 0.570. The first-order chi connectivity index (χ1) is 11.5. The van der Waals surface area contributed by atoms with Crippen LogP contribution in [-0.2, 0) is 4.79 Å². The van der Waals surface area contributed by atoms with E-state index >= 15 is 0 Å². The number of benzene rings is 2. The molecule has 0 radical (unpaired) electrons. The summed E-state index contributed by atoms with van der Waals surface area (Å²) in [4.78, 5) is 28.8. The zero-order valence-corrected chi connectivity index (χ0v) is 14.4. The molecule has 0 fully saturated rings. The molecule has 1 atom stereocenters. The summed E-state index contributed by atoms with van der Waals surface area (Å²) in [5, 5.41) is 3.67. The maximum absolute atomic E-state index is 12.1. The molecule has 2 aromatic carbocycles. The molecule has 1 heterocycles. The van der Waals surface area contributed by atoms with Gasteiger partial charge >= 0.3 is 0 Å². The highest BCUT2D eigenvalue weighted by Gasteiger charge is 2.18. The summed E-state index contributed by atoms with van der Waals surface area (Å²) in [6, 6.07) is 14.9. The fourth-order valence-corrected chi connectivity index (χ4v) is 3.37. The number of amides is 1. The highest BCUT2D eigenvalue weighted by molar-refractivity contribution is 7.18. The number of rotatable bonds is 5. The molecule has 3 aromatic rings. The molecule has 0 saturated heterocycles. The Labute approximate surface area is 144 Å². The van der Waals surface area contributed by atoms with Gasteiger partial charge in [-0.3, -0.25) is 9.59 Å². The monoisotopic (exact) mass is 338 g/mol. The van der Waals surface area contributed by atoms with Crippen LogP contribution in [0.3, 0.4) is 0 Å². The van der Waals surface area contributed by atoms with Gasteiger partial charge in [0.1, 0.15) is 0 Å². The van der Waals surface area contributed by atoms with Crippen molar-refractivity contribution in [2.24, 2.45) is 0 Å². The Balaban J connectivity index is 1.62. The predicted molar refractivity (Wildman–Crippen MR) is 96.6 cm³/mol. The van der Waals surface area contributed by atoms with Crippen molar-refractivity contribution in [3.05, 3.63) is 64.7 Å². The van der Waals surface area contributed by atoms with Crippen molar-refractivity contribution in [2.45, 2.75) is 19.8 Å². The van der Waals surface area contributed by atoms with Crippen LogP contribution in [0.15, 0.2) is 48.5 Å². The lowest BCUT2D eigenvalue weighted by Gasteiger charge is -2.09. The third-order valence-corrected chi connectivity index (χ3v) is 5.09. The van der Waals surface area contributed by atoms with Crippen molar-refractivity contribution in [1.82, 2.24) is 10.3 Å². The van der Waals surface area contributed by atoms with Gasteiger partial charge in [-0.05, 0) is 19.1 Å². The van der Waals surface area contributed by atoms with Gasteiger partial charge in [0, 0.05) is 18.0 Å². The molecule has 24 heavy (non-hydrogen) atoms. The first-order valence-corrected chi connectivity index (χ1v) is 8.61. The molecule has 1 N–H and O–H groups in total. The number of carbonyl (C=O) groups is 2. The Hall–Kier alpha value is -2.53. The molecular weight excluding hydrogens is 320 g/mol. The van der Waals surface area contributed by atoms with E-state index in [0.29, 0.717) is 12.1 Å². The molecule has 0 bridgehead atoms. The number of ketones is 1. The first kappa shape index (κ1) is 16.3. The molecule has 0 aliphatic rings. The number of aromatic nitrogens is 1. The van der Waals surface area contributed by atoms with E-state index in [0.717, 1.165) is 20.8 Å². The normalized spacial score (nSPS) is 12.1. The Bertz CT molecular complexity index is 851. The molecule has 3 rings (SSSR count). The average molecular weight is 338 g/mol. The Kier molecular flexibility index (Phi) is 4.71. The summed E-state index contributed by atoms with van der Waals surface area (Å²) in [6.07, 6.45) is 0. The summed E-state index contributed by atoms with van der Waals surface area (Å²) in [5.41, 5.74) is 2.42. The van der Waals surface area contributed by atoms with Crippen molar-refractivity contribution in [3.63, 3.8) is 0 Å². The second kappa shape index (κ2) is 6.93. The zero-order valence-electron chi connectivity index (χ0n) is 13.6. The van der Waals surface area contributed by atoms with E-state index in [-0.39, 0.29) is 5.92 Å². The number of aryl methyl sites for hydroxylation is 1. The summed E-state index contributed by atoms with van der Waals surface area (Å²) in [6.45, 7) is 4.32. The minimum atomic E-state index is -0.577. The SMILES string of the molecule is Cc1ccc(C(=O)C(=O)NCC(C)c2nc3ccccc3s2)cc1. The van der Waals surface area contributed by atoms with Gasteiger partial charge in [-0.2, -0.15) is 0 Å². The summed E-state index contributed by atoms with van der Waals surface area (Å²) in [7, 11) is 0. The van der Waals surface area contributed by atoms with Gasteiger partial charge < -0.3 is 5.32 Å². The van der Waals surface area contributed by atoms with Crippen molar-refractivity contribution in [1.29, 1.82) is 0 Å². The molecule has 1 aromatic heterocycles. The van der Waals surface area contributed by atoms with E-state index < -0.39 is 11.7 Å². The van der Waals surface area contributed by atoms with Crippen LogP contribution in [0.2, 0.25) is 0 Å². The van der Waals surface area contributed by atoms with Gasteiger partial charge in [-0.25, -0.2) is 4.98 Å². The third-order valence-electron chi connectivity index (χ3n) is 3.82. The molecule has 0 spiro atoms. The molecule has 1 amide bonds. The van der Waals surface area contributed by atoms with Crippen molar-refractivity contribution < 1.29 is 9.59 Å². The number of hydrogen-bond donors (Lipinski definition) is 1. The smallest absolute Gasteiger partial charge is 0.292 e. The molecule has 122 valence electrons. The van der Waals surface area contributed by atoms with Gasteiger partial charge in [-0.15, -0.1) is 11.3 Å². The molecule has 1 unspecified atom stereocenters. The van der Waals surface area contributed by atoms with Gasteiger partial charge in [0.25, 0.3) is 5.91 Å². The molecule has 5 heteroatoms. The Morgan fingerprint density at radius 1 is 1.12 bits per heavy atom. The Morgan fingerprint density at radius 3 is 2.54 bits per heavy atom. The van der Waals surface area contributed by atoms with Crippen LogP contribution in [0.25, 0.3) is 10.2 Å². The van der Waals surface area contributed by atoms with Crippen LogP contribution >= 0.6 is 11.3 Å². The second-order valence-electron chi connectivity index (χ2n) is 5.83. The van der Waals surface area contributed by atoms with Crippen LogP contribution in [0, 0.1) is 6.92 Å². The average Bonchev–Trinajstić information content (AvgIpc) is 3.03. The van der Waals surface area contributed by atoms with Crippen LogP contribution < -0.4 is 5.32 Å². The highest BCUT2D eigenvalue weighted by Crippen LogP contribution is 2.26. The number of nitrogens with zero attached hydrogens (tertiary/aromatic N) is 1. The van der Waals surface area contributed by atoms with Crippen LogP contribution in [0.4, 0.5) is 0 Å². The highest BCUT2D eigenvalue weighted by atomic mass is 32.1. The topological polar surface area (TPSA) is 59.1 Å². The van der Waals surface area contributed by atoms with Gasteiger partial charge in [0.2, 0.25) is 5.78 Å². The van der Waals surface area contributed by atoms with E-state index in [9.17, 15) is 9.59 Å². The fourth-order valence-electron chi connectivity index (χ4n) is 2.35. The van der Waals surface area contributed by atoms with E-state index in [2.05, 4.69) is 10.3 Å². The molecular formula is C19H18N2O2S. The van der Waals surface area contributed by atoms with Gasteiger partial charge in [-0.1, -0.05) is 48.9 Å².